The molecule has 156 valence electrons. The van der Waals surface area contributed by atoms with Gasteiger partial charge in [-0.1, -0.05) is 24.3 Å². The number of hydrogen-bond acceptors (Lipinski definition) is 5. The Bertz CT molecular complexity index is 829. The number of methoxy groups -OCH3 is 2. The Morgan fingerprint density at radius 1 is 1.00 bits per heavy atom. The van der Waals surface area contributed by atoms with E-state index in [-0.39, 0.29) is 18.9 Å². The zero-order valence-electron chi connectivity index (χ0n) is 16.9. The van der Waals surface area contributed by atoms with E-state index in [0.717, 1.165) is 23.3 Å². The lowest BCUT2D eigenvalue weighted by Crippen LogP contribution is -2.47. The number of carbonyl (C=O) groups excluding carboxylic acids is 1. The number of amides is 1. The molecule has 2 aromatic carbocycles. The molecule has 1 amide bonds. The van der Waals surface area contributed by atoms with Crippen LogP contribution in [0.5, 0.6) is 17.2 Å². The molecule has 0 bridgehead atoms. The van der Waals surface area contributed by atoms with Gasteiger partial charge in [-0.05, 0) is 54.9 Å². The molecule has 0 aliphatic rings. The fourth-order valence-corrected chi connectivity index (χ4v) is 2.71. The van der Waals surface area contributed by atoms with Crippen LogP contribution in [0, 0.1) is 6.92 Å². The smallest absolute Gasteiger partial charge is 0.241 e. The highest BCUT2D eigenvalue weighted by Crippen LogP contribution is 2.27. The second-order valence-corrected chi connectivity index (χ2v) is 6.64. The van der Waals surface area contributed by atoms with E-state index in [1.807, 2.05) is 49.4 Å². The second-order valence-electron chi connectivity index (χ2n) is 6.23. The quantitative estimate of drug-likeness (QED) is 0.427. The van der Waals surface area contributed by atoms with Crippen molar-refractivity contribution in [1.82, 2.24) is 16.2 Å². The van der Waals surface area contributed by atoms with Crippen LogP contribution in [0.4, 0.5) is 0 Å². The van der Waals surface area contributed by atoms with Crippen molar-refractivity contribution in [2.45, 2.75) is 19.8 Å². The molecule has 0 fully saturated rings. The topological polar surface area (TPSA) is 80.9 Å². The Morgan fingerprint density at radius 2 is 1.76 bits per heavy atom. The number of hydrogen-bond donors (Lipinski definition) is 3. The minimum absolute atomic E-state index is 0.206. The Labute approximate surface area is 176 Å². The predicted molar refractivity (Wildman–Crippen MR) is 116 cm³/mol. The number of nitrogens with one attached hydrogen (secondary N) is 3. The molecule has 29 heavy (non-hydrogen) atoms. The summed E-state index contributed by atoms with van der Waals surface area (Å²) in [5.41, 5.74) is 7.36. The molecular formula is C21H27N3O4S. The first kappa shape index (κ1) is 22.3. The number of ether oxygens (including phenoxy) is 3. The number of aryl methyl sites for hydroxylation is 1. The van der Waals surface area contributed by atoms with Gasteiger partial charge in [-0.3, -0.25) is 15.6 Å². The van der Waals surface area contributed by atoms with Gasteiger partial charge < -0.3 is 19.5 Å². The van der Waals surface area contributed by atoms with Crippen molar-refractivity contribution in [1.29, 1.82) is 0 Å². The third-order valence-corrected chi connectivity index (χ3v) is 4.39. The zero-order valence-corrected chi connectivity index (χ0v) is 17.7. The van der Waals surface area contributed by atoms with Gasteiger partial charge in [0.1, 0.15) is 5.75 Å². The molecule has 0 aromatic heterocycles. The van der Waals surface area contributed by atoms with Crippen LogP contribution in [0.3, 0.4) is 0 Å². The van der Waals surface area contributed by atoms with Crippen molar-refractivity contribution >= 4 is 23.2 Å². The van der Waals surface area contributed by atoms with Crippen LogP contribution in [0.2, 0.25) is 0 Å². The van der Waals surface area contributed by atoms with Crippen molar-refractivity contribution in [3.8, 4) is 17.2 Å². The highest BCUT2D eigenvalue weighted by atomic mass is 32.1. The van der Waals surface area contributed by atoms with E-state index in [1.54, 1.807) is 14.2 Å². The number of thiocarbonyl (C=S) groups is 1. The Morgan fingerprint density at radius 3 is 2.48 bits per heavy atom. The lowest BCUT2D eigenvalue weighted by atomic mass is 10.1. The van der Waals surface area contributed by atoms with E-state index in [0.29, 0.717) is 23.2 Å². The molecule has 0 saturated heterocycles. The molecule has 0 aliphatic heterocycles. The number of carbonyl (C=O) groups is 1. The Kier molecular flexibility index (Phi) is 9.04. The molecule has 0 spiro atoms. The predicted octanol–water partition coefficient (Wildman–Crippen LogP) is 2.52. The van der Waals surface area contributed by atoms with E-state index < -0.39 is 0 Å². The van der Waals surface area contributed by atoms with Crippen LogP contribution < -0.4 is 30.4 Å². The largest absolute Gasteiger partial charge is 0.493 e. The van der Waals surface area contributed by atoms with Crippen LogP contribution in [0.25, 0.3) is 0 Å². The molecule has 0 heterocycles. The van der Waals surface area contributed by atoms with Gasteiger partial charge in [-0.25, -0.2) is 0 Å². The zero-order chi connectivity index (χ0) is 21.1. The highest BCUT2D eigenvalue weighted by molar-refractivity contribution is 7.80. The maximum Gasteiger partial charge on any atom is 0.241 e. The first-order chi connectivity index (χ1) is 14.0. The summed E-state index contributed by atoms with van der Waals surface area (Å²) < 4.78 is 16.1. The van der Waals surface area contributed by atoms with E-state index in [4.69, 9.17) is 26.4 Å². The molecule has 0 radical (unpaired) electrons. The van der Waals surface area contributed by atoms with E-state index in [2.05, 4.69) is 16.2 Å². The number of para-hydroxylation sites is 1. The molecule has 2 rings (SSSR count). The maximum atomic E-state index is 11.9. The summed E-state index contributed by atoms with van der Waals surface area (Å²) in [6.45, 7) is 2.86. The first-order valence-electron chi connectivity index (χ1n) is 9.25. The van der Waals surface area contributed by atoms with Gasteiger partial charge in [-0.2, -0.15) is 0 Å². The summed E-state index contributed by atoms with van der Waals surface area (Å²) in [4.78, 5) is 11.9. The second kappa shape index (κ2) is 11.8. The van der Waals surface area contributed by atoms with Gasteiger partial charge in [-0.15, -0.1) is 0 Å². The lowest BCUT2D eigenvalue weighted by molar-refractivity contribution is -0.122. The van der Waals surface area contributed by atoms with Crippen LogP contribution in [-0.2, 0) is 11.2 Å². The number of rotatable bonds is 9. The first-order valence-corrected chi connectivity index (χ1v) is 9.66. The van der Waals surface area contributed by atoms with Crippen molar-refractivity contribution in [2.24, 2.45) is 0 Å². The molecular weight excluding hydrogens is 390 g/mol. The SMILES string of the molecule is COc1ccc(CCNC(=S)NNC(=O)CCOc2ccccc2C)cc1OC. The summed E-state index contributed by atoms with van der Waals surface area (Å²) in [5.74, 6) is 1.95. The van der Waals surface area contributed by atoms with Gasteiger partial charge in [0.05, 0.1) is 27.2 Å². The number of benzene rings is 2. The lowest BCUT2D eigenvalue weighted by Gasteiger charge is -2.13. The van der Waals surface area contributed by atoms with Crippen molar-refractivity contribution in [3.63, 3.8) is 0 Å². The summed E-state index contributed by atoms with van der Waals surface area (Å²) >= 11 is 5.17. The molecule has 7 nitrogen and oxygen atoms in total. The summed E-state index contributed by atoms with van der Waals surface area (Å²) in [7, 11) is 3.21. The van der Waals surface area contributed by atoms with E-state index >= 15 is 0 Å². The average molecular weight is 418 g/mol. The van der Waals surface area contributed by atoms with Crippen molar-refractivity contribution < 1.29 is 19.0 Å². The van der Waals surface area contributed by atoms with Crippen molar-refractivity contribution in [2.75, 3.05) is 27.4 Å². The van der Waals surface area contributed by atoms with Crippen LogP contribution in [-0.4, -0.2) is 38.4 Å². The molecule has 3 N–H and O–H groups in total. The van der Waals surface area contributed by atoms with E-state index in [9.17, 15) is 4.79 Å². The molecule has 8 heteroatoms. The van der Waals surface area contributed by atoms with Gasteiger partial charge in [0.15, 0.2) is 16.6 Å². The molecule has 0 aliphatic carbocycles. The third-order valence-electron chi connectivity index (χ3n) is 4.14. The monoisotopic (exact) mass is 417 g/mol. The molecule has 0 unspecified atom stereocenters. The Hall–Kier alpha value is -3.00. The van der Waals surface area contributed by atoms with Gasteiger partial charge >= 0.3 is 0 Å². The standard InChI is InChI=1S/C21H27N3O4S/c1-15-6-4-5-7-17(15)28-13-11-20(25)23-24-21(29)22-12-10-16-8-9-18(26-2)19(14-16)27-3/h4-9,14H,10-13H2,1-3H3,(H,23,25)(H2,22,24,29). The summed E-state index contributed by atoms with van der Waals surface area (Å²) in [5, 5.41) is 3.39. The third kappa shape index (κ3) is 7.50. The normalized spacial score (nSPS) is 10.0. The van der Waals surface area contributed by atoms with Crippen LogP contribution >= 0.6 is 12.2 Å². The minimum atomic E-state index is -0.206. The maximum absolute atomic E-state index is 11.9. The fourth-order valence-electron chi connectivity index (χ4n) is 2.56. The molecule has 0 saturated carbocycles. The average Bonchev–Trinajstić information content (AvgIpc) is 2.73. The summed E-state index contributed by atoms with van der Waals surface area (Å²) in [6.07, 6.45) is 0.954. The van der Waals surface area contributed by atoms with Crippen molar-refractivity contribution in [3.05, 3.63) is 53.6 Å². The van der Waals surface area contributed by atoms with Gasteiger partial charge in [0, 0.05) is 6.54 Å². The van der Waals surface area contributed by atoms with Gasteiger partial charge in [0.2, 0.25) is 5.91 Å². The van der Waals surface area contributed by atoms with Crippen LogP contribution in [0.1, 0.15) is 17.5 Å². The Balaban J connectivity index is 1.63. The number of hydrazine groups is 1. The van der Waals surface area contributed by atoms with E-state index in [1.165, 1.54) is 0 Å². The van der Waals surface area contributed by atoms with Gasteiger partial charge in [0.25, 0.3) is 0 Å². The summed E-state index contributed by atoms with van der Waals surface area (Å²) in [6, 6.07) is 13.4. The molecule has 2 aromatic rings. The fraction of sp³-hybridized carbons (Fsp3) is 0.333. The highest BCUT2D eigenvalue weighted by Gasteiger charge is 2.06. The van der Waals surface area contributed by atoms with Crippen LogP contribution in [0.15, 0.2) is 42.5 Å². The minimum Gasteiger partial charge on any atom is -0.493 e. The molecule has 0 atom stereocenters.